The number of fused-ring (bicyclic) bond motifs is 1. The normalized spacial score (nSPS) is 15.3. The zero-order valence-electron chi connectivity index (χ0n) is 19.0. The van der Waals surface area contributed by atoms with Crippen molar-refractivity contribution in [2.24, 2.45) is 5.92 Å². The third-order valence-electron chi connectivity index (χ3n) is 6.37. The first-order valence-corrected chi connectivity index (χ1v) is 11.7. The summed E-state index contributed by atoms with van der Waals surface area (Å²) >= 11 is 0. The SMILES string of the molecule is CN(Cc1ccccc1)CC1CCN(CC(=O)NCCc2cccc3cccnc23)CC1. The molecule has 3 aromatic rings. The zero-order valence-corrected chi connectivity index (χ0v) is 19.0. The van der Waals surface area contributed by atoms with Crippen molar-refractivity contribution in [3.63, 3.8) is 0 Å². The fraction of sp³-hybridized carbons (Fsp3) is 0.407. The van der Waals surface area contributed by atoms with Crippen LogP contribution in [-0.4, -0.2) is 60.5 Å². The Bertz CT molecular complexity index is 993. The number of aromatic nitrogens is 1. The fourth-order valence-electron chi connectivity index (χ4n) is 4.69. The number of benzene rings is 2. The fourth-order valence-corrected chi connectivity index (χ4v) is 4.69. The standard InChI is InChI=1S/C27H34N4O/c1-30(19-22-7-3-2-4-8-22)20-23-13-17-31(18-14-23)21-26(32)28-16-12-25-10-5-9-24-11-6-15-29-27(24)25/h2-11,15,23H,12-14,16-21H2,1H3,(H,28,32). The average Bonchev–Trinajstić information content (AvgIpc) is 2.81. The number of pyridine rings is 1. The molecule has 1 saturated heterocycles. The van der Waals surface area contributed by atoms with Gasteiger partial charge in [-0.15, -0.1) is 0 Å². The van der Waals surface area contributed by atoms with Gasteiger partial charge in [-0.1, -0.05) is 54.6 Å². The summed E-state index contributed by atoms with van der Waals surface area (Å²) < 4.78 is 0. The summed E-state index contributed by atoms with van der Waals surface area (Å²) in [6.07, 6.45) is 4.95. The van der Waals surface area contributed by atoms with Gasteiger partial charge in [0.05, 0.1) is 12.1 Å². The number of nitrogens with one attached hydrogen (secondary N) is 1. The molecule has 4 rings (SSSR count). The first-order chi connectivity index (χ1) is 15.7. The van der Waals surface area contributed by atoms with Crippen LogP contribution in [0.1, 0.15) is 24.0 Å². The second-order valence-electron chi connectivity index (χ2n) is 8.99. The van der Waals surface area contributed by atoms with E-state index in [9.17, 15) is 4.79 Å². The maximum absolute atomic E-state index is 12.5. The Kier molecular flexibility index (Phi) is 7.86. The molecular formula is C27H34N4O. The molecule has 1 aliphatic rings. The number of piperidine rings is 1. The molecule has 32 heavy (non-hydrogen) atoms. The molecule has 2 heterocycles. The maximum atomic E-state index is 12.5. The van der Waals surface area contributed by atoms with Crippen LogP contribution in [0.25, 0.3) is 10.9 Å². The lowest BCUT2D eigenvalue weighted by Gasteiger charge is -2.33. The summed E-state index contributed by atoms with van der Waals surface area (Å²) in [6.45, 7) is 5.27. The number of amides is 1. The molecule has 2 aromatic carbocycles. The van der Waals surface area contributed by atoms with E-state index in [1.807, 2.05) is 12.3 Å². The van der Waals surface area contributed by atoms with Crippen LogP contribution < -0.4 is 5.32 Å². The lowest BCUT2D eigenvalue weighted by Crippen LogP contribution is -2.43. The smallest absolute Gasteiger partial charge is 0.234 e. The van der Waals surface area contributed by atoms with Crippen molar-refractivity contribution in [3.05, 3.63) is 78.0 Å². The van der Waals surface area contributed by atoms with Crippen molar-refractivity contribution in [1.29, 1.82) is 0 Å². The van der Waals surface area contributed by atoms with Crippen molar-refractivity contribution in [2.75, 3.05) is 39.8 Å². The molecule has 1 aromatic heterocycles. The van der Waals surface area contributed by atoms with Crippen molar-refractivity contribution in [3.8, 4) is 0 Å². The van der Waals surface area contributed by atoms with E-state index >= 15 is 0 Å². The molecule has 0 saturated carbocycles. The van der Waals surface area contributed by atoms with Gasteiger partial charge in [-0.2, -0.15) is 0 Å². The minimum absolute atomic E-state index is 0.123. The van der Waals surface area contributed by atoms with Crippen molar-refractivity contribution >= 4 is 16.8 Å². The highest BCUT2D eigenvalue weighted by Gasteiger charge is 2.21. The van der Waals surface area contributed by atoms with E-state index in [0.717, 1.165) is 56.3 Å². The number of rotatable bonds is 9. The number of carbonyl (C=O) groups is 1. The van der Waals surface area contributed by atoms with Crippen LogP contribution in [-0.2, 0) is 17.8 Å². The van der Waals surface area contributed by atoms with Gasteiger partial charge in [0.2, 0.25) is 5.91 Å². The van der Waals surface area contributed by atoms with E-state index in [2.05, 4.69) is 81.7 Å². The van der Waals surface area contributed by atoms with E-state index in [1.165, 1.54) is 11.1 Å². The number of para-hydroxylation sites is 1. The molecule has 168 valence electrons. The molecule has 1 fully saturated rings. The second-order valence-corrected chi connectivity index (χ2v) is 8.99. The Morgan fingerprint density at radius 3 is 2.66 bits per heavy atom. The number of hydrogen-bond donors (Lipinski definition) is 1. The maximum Gasteiger partial charge on any atom is 0.234 e. The van der Waals surface area contributed by atoms with E-state index in [1.54, 1.807) is 0 Å². The summed E-state index contributed by atoms with van der Waals surface area (Å²) in [5, 5.41) is 4.24. The van der Waals surface area contributed by atoms with Gasteiger partial charge in [-0.25, -0.2) is 0 Å². The first kappa shape index (κ1) is 22.4. The summed E-state index contributed by atoms with van der Waals surface area (Å²) in [7, 11) is 2.21. The molecule has 1 amide bonds. The minimum Gasteiger partial charge on any atom is -0.355 e. The Labute approximate surface area is 191 Å². The van der Waals surface area contributed by atoms with Gasteiger partial charge in [0.15, 0.2) is 0 Å². The van der Waals surface area contributed by atoms with Crippen LogP contribution in [0.4, 0.5) is 0 Å². The number of nitrogens with zero attached hydrogens (tertiary/aromatic N) is 3. The second kappa shape index (κ2) is 11.2. The number of likely N-dealkylation sites (tertiary alicyclic amines) is 1. The Hall–Kier alpha value is -2.76. The Morgan fingerprint density at radius 1 is 1.06 bits per heavy atom. The van der Waals surface area contributed by atoms with E-state index in [-0.39, 0.29) is 5.91 Å². The Morgan fingerprint density at radius 2 is 1.84 bits per heavy atom. The van der Waals surface area contributed by atoms with E-state index in [4.69, 9.17) is 0 Å². The molecule has 1 aliphatic heterocycles. The van der Waals surface area contributed by atoms with E-state index in [0.29, 0.717) is 19.0 Å². The lowest BCUT2D eigenvalue weighted by atomic mass is 9.96. The molecule has 5 heteroatoms. The number of hydrogen-bond acceptors (Lipinski definition) is 4. The largest absolute Gasteiger partial charge is 0.355 e. The molecule has 0 unspecified atom stereocenters. The molecule has 5 nitrogen and oxygen atoms in total. The molecule has 0 aliphatic carbocycles. The van der Waals surface area contributed by atoms with Crippen LogP contribution in [0.15, 0.2) is 66.9 Å². The van der Waals surface area contributed by atoms with Crippen molar-refractivity contribution < 1.29 is 4.79 Å². The lowest BCUT2D eigenvalue weighted by molar-refractivity contribution is -0.122. The molecule has 0 bridgehead atoms. The highest BCUT2D eigenvalue weighted by Crippen LogP contribution is 2.19. The number of carbonyl (C=O) groups excluding carboxylic acids is 1. The van der Waals surface area contributed by atoms with Crippen molar-refractivity contribution in [2.45, 2.75) is 25.8 Å². The highest BCUT2D eigenvalue weighted by atomic mass is 16.2. The molecule has 0 radical (unpaired) electrons. The quantitative estimate of drug-likeness (QED) is 0.562. The minimum atomic E-state index is 0.123. The van der Waals surface area contributed by atoms with Crippen molar-refractivity contribution in [1.82, 2.24) is 20.1 Å². The summed E-state index contributed by atoms with van der Waals surface area (Å²) in [4.78, 5) is 21.7. The first-order valence-electron chi connectivity index (χ1n) is 11.7. The van der Waals surface area contributed by atoms with Crippen LogP contribution in [0, 0.1) is 5.92 Å². The van der Waals surface area contributed by atoms with Gasteiger partial charge in [0, 0.05) is 31.2 Å². The third kappa shape index (κ3) is 6.38. The van der Waals surface area contributed by atoms with E-state index < -0.39 is 0 Å². The van der Waals surface area contributed by atoms with Gasteiger partial charge in [-0.05, 0) is 62.5 Å². The van der Waals surface area contributed by atoms with Gasteiger partial charge in [-0.3, -0.25) is 14.7 Å². The van der Waals surface area contributed by atoms with Gasteiger partial charge in [0.25, 0.3) is 0 Å². The van der Waals surface area contributed by atoms with Gasteiger partial charge in [0.1, 0.15) is 0 Å². The van der Waals surface area contributed by atoms with Crippen LogP contribution in [0.3, 0.4) is 0 Å². The van der Waals surface area contributed by atoms with Gasteiger partial charge < -0.3 is 10.2 Å². The predicted molar refractivity (Wildman–Crippen MR) is 130 cm³/mol. The Balaban J connectivity index is 1.15. The average molecular weight is 431 g/mol. The predicted octanol–water partition coefficient (Wildman–Crippen LogP) is 3.74. The third-order valence-corrected chi connectivity index (χ3v) is 6.37. The topological polar surface area (TPSA) is 48.5 Å². The molecule has 1 N–H and O–H groups in total. The highest BCUT2D eigenvalue weighted by molar-refractivity contribution is 5.81. The van der Waals surface area contributed by atoms with Crippen LogP contribution >= 0.6 is 0 Å². The summed E-state index contributed by atoms with van der Waals surface area (Å²) in [5.74, 6) is 0.833. The molecular weight excluding hydrogens is 396 g/mol. The van der Waals surface area contributed by atoms with Crippen LogP contribution in [0.5, 0.6) is 0 Å². The van der Waals surface area contributed by atoms with Gasteiger partial charge >= 0.3 is 0 Å². The van der Waals surface area contributed by atoms with Crippen LogP contribution in [0.2, 0.25) is 0 Å². The molecule has 0 atom stereocenters. The summed E-state index contributed by atoms with van der Waals surface area (Å²) in [6, 6.07) is 20.9. The summed E-state index contributed by atoms with van der Waals surface area (Å²) in [5.41, 5.74) is 3.58. The molecule has 0 spiro atoms. The zero-order chi connectivity index (χ0) is 22.2. The monoisotopic (exact) mass is 430 g/mol.